The molecule has 1 aliphatic rings. The minimum absolute atomic E-state index is 0.0299. The highest BCUT2D eigenvalue weighted by Crippen LogP contribution is 2.36. The van der Waals surface area contributed by atoms with Crippen molar-refractivity contribution in [2.45, 2.75) is 39.0 Å². The summed E-state index contributed by atoms with van der Waals surface area (Å²) in [7, 11) is 0. The molecule has 1 saturated heterocycles. The summed E-state index contributed by atoms with van der Waals surface area (Å²) in [6.45, 7) is 2.64. The first-order chi connectivity index (χ1) is 17.3. The van der Waals surface area contributed by atoms with Crippen LogP contribution in [-0.4, -0.2) is 77.6 Å². The van der Waals surface area contributed by atoms with Gasteiger partial charge in [-0.1, -0.05) is 18.2 Å². The Morgan fingerprint density at radius 1 is 1.11 bits per heavy atom. The number of rotatable bonds is 6. The summed E-state index contributed by atoms with van der Waals surface area (Å²) in [6, 6.07) is 7.02. The third-order valence-electron chi connectivity index (χ3n) is 5.60. The van der Waals surface area contributed by atoms with Crippen LogP contribution < -0.4 is 10.6 Å². The number of carbonyl (C=O) groups excluding carboxylic acids is 4. The lowest BCUT2D eigenvalue weighted by molar-refractivity contribution is -0.138. The van der Waals surface area contributed by atoms with Crippen LogP contribution in [0.25, 0.3) is 10.1 Å². The molecule has 0 spiro atoms. The van der Waals surface area contributed by atoms with Crippen LogP contribution in [0, 0.1) is 0 Å². The Hall–Kier alpha value is -3.67. The van der Waals surface area contributed by atoms with E-state index in [1.54, 1.807) is 11.8 Å². The minimum atomic E-state index is -1.11. The van der Waals surface area contributed by atoms with E-state index in [9.17, 15) is 24.0 Å². The average Bonchev–Trinajstić information content (AvgIpc) is 3.19. The summed E-state index contributed by atoms with van der Waals surface area (Å²) < 4.78 is 6.06. The van der Waals surface area contributed by atoms with Crippen molar-refractivity contribution in [1.82, 2.24) is 15.1 Å². The molecule has 3 N–H and O–H groups in total. The van der Waals surface area contributed by atoms with Gasteiger partial charge in [-0.15, -0.1) is 11.3 Å². The lowest BCUT2D eigenvalue weighted by Crippen LogP contribution is -2.40. The highest BCUT2D eigenvalue weighted by Gasteiger charge is 2.27. The Balaban J connectivity index is 1.78. The zero-order chi connectivity index (χ0) is 26.1. The minimum Gasteiger partial charge on any atom is -0.481 e. The number of ether oxygens (including phenoxy) is 1. The van der Waals surface area contributed by atoms with E-state index in [1.165, 1.54) is 11.3 Å². The van der Waals surface area contributed by atoms with Crippen molar-refractivity contribution in [3.8, 4) is 0 Å². The van der Waals surface area contributed by atoms with Gasteiger partial charge in [0.2, 0.25) is 5.91 Å². The van der Waals surface area contributed by atoms with Gasteiger partial charge in [-0.2, -0.15) is 0 Å². The number of hydrogen-bond donors (Lipinski definition) is 3. The number of fused-ring (bicyclic) bond motifs is 1. The lowest BCUT2D eigenvalue weighted by atomic mass is 10.1. The lowest BCUT2D eigenvalue weighted by Gasteiger charge is -2.25. The Morgan fingerprint density at radius 2 is 1.86 bits per heavy atom. The molecule has 0 bridgehead atoms. The number of carbonyl (C=O) groups is 5. The van der Waals surface area contributed by atoms with Crippen LogP contribution in [0.5, 0.6) is 0 Å². The molecular weight excluding hydrogens is 488 g/mol. The maximum absolute atomic E-state index is 13.7. The second-order valence-corrected chi connectivity index (χ2v) is 9.25. The van der Waals surface area contributed by atoms with Crippen molar-refractivity contribution in [3.05, 3.63) is 29.8 Å². The van der Waals surface area contributed by atoms with Gasteiger partial charge in [0, 0.05) is 42.7 Å². The predicted molar refractivity (Wildman–Crippen MR) is 134 cm³/mol. The van der Waals surface area contributed by atoms with Crippen LogP contribution >= 0.6 is 11.3 Å². The Morgan fingerprint density at radius 3 is 2.61 bits per heavy atom. The molecule has 0 atom stereocenters. The molecular formula is C24H30N4O7S. The zero-order valence-electron chi connectivity index (χ0n) is 20.1. The van der Waals surface area contributed by atoms with Crippen LogP contribution in [-0.2, 0) is 14.3 Å². The van der Waals surface area contributed by atoms with Crippen LogP contribution in [0.3, 0.4) is 0 Å². The molecule has 0 unspecified atom stereocenters. The molecule has 0 aliphatic carbocycles. The quantitative estimate of drug-likeness (QED) is 0.531. The third-order valence-corrected chi connectivity index (χ3v) is 6.68. The summed E-state index contributed by atoms with van der Waals surface area (Å²) >= 11 is 1.32. The molecule has 2 aromatic rings. The number of hydrogen-bond acceptors (Lipinski definition) is 7. The highest BCUT2D eigenvalue weighted by molar-refractivity contribution is 7.23. The predicted octanol–water partition coefficient (Wildman–Crippen LogP) is 3.50. The van der Waals surface area contributed by atoms with Gasteiger partial charge in [0.05, 0.1) is 18.6 Å². The fraction of sp³-hybridized carbons (Fsp3) is 0.458. The van der Waals surface area contributed by atoms with Crippen LogP contribution in [0.2, 0.25) is 0 Å². The molecule has 12 heteroatoms. The van der Waals surface area contributed by atoms with Crippen molar-refractivity contribution < 1.29 is 33.8 Å². The van der Waals surface area contributed by atoms with E-state index in [-0.39, 0.29) is 31.9 Å². The van der Waals surface area contributed by atoms with Crippen molar-refractivity contribution in [2.24, 2.45) is 0 Å². The van der Waals surface area contributed by atoms with E-state index in [1.807, 2.05) is 24.3 Å². The number of nitrogens with one attached hydrogen (secondary N) is 2. The number of anilines is 1. The van der Waals surface area contributed by atoms with Crippen LogP contribution in [0.1, 0.15) is 49.4 Å². The number of benzene rings is 1. The number of cyclic esters (lactones) is 1. The molecule has 1 aromatic carbocycles. The van der Waals surface area contributed by atoms with Gasteiger partial charge < -0.3 is 20.1 Å². The SMILES string of the molecule is CCNC(=O)Nc1sc2ccccc2c1C(=O)N1CCCCC(=O)N(CCC(=O)O)C(=O)OCCC1. The van der Waals surface area contributed by atoms with Gasteiger partial charge in [-0.25, -0.2) is 14.5 Å². The first-order valence-corrected chi connectivity index (χ1v) is 12.7. The number of imide groups is 1. The monoisotopic (exact) mass is 518 g/mol. The highest BCUT2D eigenvalue weighted by atomic mass is 32.1. The summed E-state index contributed by atoms with van der Waals surface area (Å²) in [4.78, 5) is 64.2. The Kier molecular flexibility index (Phi) is 9.62. The molecule has 0 saturated carbocycles. The molecule has 1 aromatic heterocycles. The van der Waals surface area contributed by atoms with E-state index >= 15 is 0 Å². The van der Waals surface area contributed by atoms with E-state index < -0.39 is 24.0 Å². The molecule has 5 amide bonds. The molecule has 11 nitrogen and oxygen atoms in total. The fourth-order valence-corrected chi connectivity index (χ4v) is 4.95. The topological polar surface area (TPSA) is 145 Å². The van der Waals surface area contributed by atoms with Gasteiger partial charge in [0.1, 0.15) is 5.00 Å². The van der Waals surface area contributed by atoms with E-state index in [4.69, 9.17) is 9.84 Å². The third kappa shape index (κ3) is 6.94. The fourth-order valence-electron chi connectivity index (χ4n) is 3.86. The summed E-state index contributed by atoms with van der Waals surface area (Å²) in [5.41, 5.74) is 0.405. The van der Waals surface area contributed by atoms with Gasteiger partial charge in [0.15, 0.2) is 0 Å². The zero-order valence-corrected chi connectivity index (χ0v) is 20.9. The Labute approximate surface area is 212 Å². The van der Waals surface area contributed by atoms with Crippen molar-refractivity contribution >= 4 is 56.3 Å². The number of urea groups is 1. The summed E-state index contributed by atoms with van der Waals surface area (Å²) in [5, 5.41) is 15.5. The molecule has 3 rings (SSSR count). The number of aliphatic carboxylic acids is 1. The number of thiophene rings is 1. The smallest absolute Gasteiger partial charge is 0.416 e. The number of carboxylic acids is 1. The molecule has 1 fully saturated rings. The maximum Gasteiger partial charge on any atom is 0.416 e. The standard InChI is InChI=1S/C24H30N4O7S/c1-2-25-23(33)26-21-20(16-8-3-4-9-17(16)36-21)22(32)27-12-6-5-10-18(29)28(14-11-19(30)31)24(34)35-15-7-13-27/h3-4,8-9H,2,5-7,10-15H2,1H3,(H,30,31)(H2,25,26,33). The molecule has 36 heavy (non-hydrogen) atoms. The molecule has 0 radical (unpaired) electrons. The van der Waals surface area contributed by atoms with E-state index in [2.05, 4.69) is 10.6 Å². The number of nitrogens with zero attached hydrogens (tertiary/aromatic N) is 2. The van der Waals surface area contributed by atoms with Crippen molar-refractivity contribution in [2.75, 3.05) is 38.1 Å². The first-order valence-electron chi connectivity index (χ1n) is 11.9. The van der Waals surface area contributed by atoms with Crippen molar-refractivity contribution in [3.63, 3.8) is 0 Å². The van der Waals surface area contributed by atoms with Crippen molar-refractivity contribution in [1.29, 1.82) is 0 Å². The van der Waals surface area contributed by atoms with Crippen LogP contribution in [0.4, 0.5) is 14.6 Å². The van der Waals surface area contributed by atoms with Gasteiger partial charge >= 0.3 is 18.1 Å². The number of carboxylic acid groups (broad SMARTS) is 1. The van der Waals surface area contributed by atoms with E-state index in [0.717, 1.165) is 15.0 Å². The molecule has 2 heterocycles. The second kappa shape index (κ2) is 12.9. The van der Waals surface area contributed by atoms with Gasteiger partial charge in [-0.05, 0) is 32.3 Å². The summed E-state index contributed by atoms with van der Waals surface area (Å²) in [5.74, 6) is -1.87. The maximum atomic E-state index is 13.7. The largest absolute Gasteiger partial charge is 0.481 e. The van der Waals surface area contributed by atoms with E-state index in [0.29, 0.717) is 49.5 Å². The van der Waals surface area contributed by atoms with Gasteiger partial charge in [0.25, 0.3) is 5.91 Å². The summed E-state index contributed by atoms with van der Waals surface area (Å²) in [6.07, 6.45) is 0.0531. The van der Waals surface area contributed by atoms with Crippen LogP contribution in [0.15, 0.2) is 24.3 Å². The molecule has 194 valence electrons. The normalized spacial score (nSPS) is 15.6. The van der Waals surface area contributed by atoms with Gasteiger partial charge in [-0.3, -0.25) is 19.7 Å². The number of amides is 5. The Bertz CT molecular complexity index is 1110. The average molecular weight is 519 g/mol. The molecule has 1 aliphatic heterocycles. The first kappa shape index (κ1) is 26.9. The second-order valence-electron chi connectivity index (χ2n) is 8.19.